The molecule has 1 aromatic heterocycles. The van der Waals surface area contributed by atoms with Crippen LogP contribution in [-0.4, -0.2) is 44.3 Å². The molecule has 4 heteroatoms. The Kier molecular flexibility index (Phi) is 6.45. The molecule has 1 fully saturated rings. The lowest BCUT2D eigenvalue weighted by Crippen LogP contribution is -2.42. The van der Waals surface area contributed by atoms with Gasteiger partial charge in [0.2, 0.25) is 0 Å². The Morgan fingerprint density at radius 3 is 2.60 bits per heavy atom. The maximum atomic E-state index is 5.91. The smallest absolute Gasteiger partial charge is 0.122 e. The van der Waals surface area contributed by atoms with E-state index in [1.165, 1.54) is 11.1 Å². The summed E-state index contributed by atoms with van der Waals surface area (Å²) < 4.78 is 11.4. The lowest BCUT2D eigenvalue weighted by atomic mass is 10.1. The van der Waals surface area contributed by atoms with E-state index in [9.17, 15) is 0 Å². The third-order valence-corrected chi connectivity index (χ3v) is 4.53. The third kappa shape index (κ3) is 5.30. The maximum absolute atomic E-state index is 5.91. The van der Waals surface area contributed by atoms with E-state index in [2.05, 4.69) is 53.5 Å². The molecule has 0 radical (unpaired) electrons. The summed E-state index contributed by atoms with van der Waals surface area (Å²) in [4.78, 5) is 2.45. The molecule has 0 amide bonds. The van der Waals surface area contributed by atoms with E-state index < -0.39 is 0 Å². The van der Waals surface area contributed by atoms with Gasteiger partial charge in [-0.2, -0.15) is 0 Å². The van der Waals surface area contributed by atoms with Crippen molar-refractivity contribution in [1.82, 2.24) is 10.2 Å². The first kappa shape index (κ1) is 17.9. The summed E-state index contributed by atoms with van der Waals surface area (Å²) >= 11 is 0. The number of nitrogens with zero attached hydrogens (tertiary/aromatic N) is 1. The van der Waals surface area contributed by atoms with Gasteiger partial charge >= 0.3 is 0 Å². The largest absolute Gasteiger partial charge is 0.465 e. The standard InChI is InChI=1S/C21H28N2O2/c1-17(14-19-6-4-3-5-7-19)15-22-16-20(21-9-8-18(2)25-21)23-10-12-24-13-11-23/h3-9,14,20,22H,10-13,15-16H2,1-2H3/b17-14-. The monoisotopic (exact) mass is 340 g/mol. The number of benzene rings is 1. The average molecular weight is 340 g/mol. The van der Waals surface area contributed by atoms with Gasteiger partial charge in [-0.05, 0) is 31.5 Å². The highest BCUT2D eigenvalue weighted by molar-refractivity contribution is 5.52. The number of hydrogen-bond acceptors (Lipinski definition) is 4. The van der Waals surface area contributed by atoms with Crippen molar-refractivity contribution in [2.45, 2.75) is 19.9 Å². The normalized spacial score (nSPS) is 17.6. The highest BCUT2D eigenvalue weighted by Crippen LogP contribution is 2.23. The molecular weight excluding hydrogens is 312 g/mol. The number of furan rings is 1. The molecule has 1 aliphatic heterocycles. The van der Waals surface area contributed by atoms with Crippen molar-refractivity contribution in [2.75, 3.05) is 39.4 Å². The number of hydrogen-bond donors (Lipinski definition) is 1. The molecule has 1 N–H and O–H groups in total. The van der Waals surface area contributed by atoms with Crippen LogP contribution in [0.15, 0.2) is 52.5 Å². The SMILES string of the molecule is C/C(=C/c1ccccc1)CNCC(c1ccc(C)o1)N1CCOCC1. The summed E-state index contributed by atoms with van der Waals surface area (Å²) in [6.45, 7) is 9.39. The molecule has 1 aliphatic rings. The summed E-state index contributed by atoms with van der Waals surface area (Å²) in [5.41, 5.74) is 2.57. The fraction of sp³-hybridized carbons (Fsp3) is 0.429. The zero-order chi connectivity index (χ0) is 17.5. The van der Waals surface area contributed by atoms with E-state index in [1.807, 2.05) is 19.1 Å². The fourth-order valence-corrected chi connectivity index (χ4v) is 3.22. The van der Waals surface area contributed by atoms with E-state index >= 15 is 0 Å². The summed E-state index contributed by atoms with van der Waals surface area (Å²) in [5.74, 6) is 2.00. The molecule has 1 atom stereocenters. The lowest BCUT2D eigenvalue weighted by molar-refractivity contribution is 0.0117. The minimum absolute atomic E-state index is 0.252. The Morgan fingerprint density at radius 2 is 1.92 bits per heavy atom. The molecule has 3 rings (SSSR count). The molecule has 0 bridgehead atoms. The molecule has 1 aromatic carbocycles. The molecular formula is C21H28N2O2. The summed E-state index contributed by atoms with van der Waals surface area (Å²) in [6.07, 6.45) is 2.23. The number of rotatable bonds is 7. The van der Waals surface area contributed by atoms with Gasteiger partial charge in [-0.1, -0.05) is 42.0 Å². The van der Waals surface area contributed by atoms with Gasteiger partial charge in [0.1, 0.15) is 11.5 Å². The Balaban J connectivity index is 1.59. The molecule has 4 nitrogen and oxygen atoms in total. The minimum atomic E-state index is 0.252. The molecule has 134 valence electrons. The molecule has 0 aliphatic carbocycles. The van der Waals surface area contributed by atoms with Gasteiger partial charge in [0, 0.05) is 26.2 Å². The number of aryl methyl sites for hydroxylation is 1. The van der Waals surface area contributed by atoms with Gasteiger partial charge in [-0.15, -0.1) is 0 Å². The van der Waals surface area contributed by atoms with Crippen LogP contribution in [-0.2, 0) is 4.74 Å². The predicted molar refractivity (Wildman–Crippen MR) is 102 cm³/mol. The molecule has 0 saturated carbocycles. The molecule has 1 saturated heterocycles. The van der Waals surface area contributed by atoms with Gasteiger partial charge in [0.15, 0.2) is 0 Å². The van der Waals surface area contributed by atoms with Crippen LogP contribution >= 0.6 is 0 Å². The van der Waals surface area contributed by atoms with Crippen LogP contribution in [0.3, 0.4) is 0 Å². The van der Waals surface area contributed by atoms with Crippen LogP contribution in [0.25, 0.3) is 6.08 Å². The van der Waals surface area contributed by atoms with Crippen LogP contribution in [0.2, 0.25) is 0 Å². The topological polar surface area (TPSA) is 37.6 Å². The van der Waals surface area contributed by atoms with Crippen LogP contribution < -0.4 is 5.32 Å². The molecule has 2 aromatic rings. The first-order chi connectivity index (χ1) is 12.2. The zero-order valence-corrected chi connectivity index (χ0v) is 15.2. The van der Waals surface area contributed by atoms with Crippen molar-refractivity contribution in [3.05, 3.63) is 65.1 Å². The number of morpholine rings is 1. The number of nitrogens with one attached hydrogen (secondary N) is 1. The van der Waals surface area contributed by atoms with Gasteiger partial charge in [0.25, 0.3) is 0 Å². The fourth-order valence-electron chi connectivity index (χ4n) is 3.22. The summed E-state index contributed by atoms with van der Waals surface area (Å²) in [5, 5.41) is 3.60. The van der Waals surface area contributed by atoms with Gasteiger partial charge in [-0.25, -0.2) is 0 Å². The van der Waals surface area contributed by atoms with Crippen molar-refractivity contribution in [3.8, 4) is 0 Å². The van der Waals surface area contributed by atoms with Gasteiger partial charge < -0.3 is 14.5 Å². The van der Waals surface area contributed by atoms with E-state index in [1.54, 1.807) is 0 Å². The Hall–Kier alpha value is -1.88. The van der Waals surface area contributed by atoms with Crippen molar-refractivity contribution in [3.63, 3.8) is 0 Å². The molecule has 2 heterocycles. The third-order valence-electron chi connectivity index (χ3n) is 4.53. The van der Waals surface area contributed by atoms with E-state index in [4.69, 9.17) is 9.15 Å². The minimum Gasteiger partial charge on any atom is -0.465 e. The van der Waals surface area contributed by atoms with Crippen LogP contribution in [0.4, 0.5) is 0 Å². The van der Waals surface area contributed by atoms with E-state index in [0.29, 0.717) is 0 Å². The van der Waals surface area contributed by atoms with Crippen molar-refractivity contribution < 1.29 is 9.15 Å². The molecule has 0 spiro atoms. The first-order valence-electron chi connectivity index (χ1n) is 9.03. The quantitative estimate of drug-likeness (QED) is 0.835. The van der Waals surface area contributed by atoms with Crippen LogP contribution in [0, 0.1) is 6.92 Å². The van der Waals surface area contributed by atoms with Crippen LogP contribution in [0.5, 0.6) is 0 Å². The second kappa shape index (κ2) is 8.99. The molecule has 25 heavy (non-hydrogen) atoms. The zero-order valence-electron chi connectivity index (χ0n) is 15.2. The Morgan fingerprint density at radius 1 is 1.16 bits per heavy atom. The Bertz CT molecular complexity index is 672. The van der Waals surface area contributed by atoms with Crippen molar-refractivity contribution in [1.29, 1.82) is 0 Å². The second-order valence-corrected chi connectivity index (χ2v) is 6.64. The molecule has 1 unspecified atom stereocenters. The van der Waals surface area contributed by atoms with Crippen molar-refractivity contribution >= 4 is 6.08 Å². The number of ether oxygens (including phenoxy) is 1. The van der Waals surface area contributed by atoms with Gasteiger partial charge in [-0.3, -0.25) is 4.90 Å². The van der Waals surface area contributed by atoms with Crippen LogP contribution in [0.1, 0.15) is 30.0 Å². The highest BCUT2D eigenvalue weighted by atomic mass is 16.5. The Labute approximate surface area is 150 Å². The van der Waals surface area contributed by atoms with Crippen molar-refractivity contribution in [2.24, 2.45) is 0 Å². The first-order valence-corrected chi connectivity index (χ1v) is 9.03. The maximum Gasteiger partial charge on any atom is 0.122 e. The highest BCUT2D eigenvalue weighted by Gasteiger charge is 2.24. The van der Waals surface area contributed by atoms with E-state index in [0.717, 1.165) is 50.9 Å². The van der Waals surface area contributed by atoms with Gasteiger partial charge in [0.05, 0.1) is 19.3 Å². The predicted octanol–water partition coefficient (Wildman–Crippen LogP) is 3.65. The summed E-state index contributed by atoms with van der Waals surface area (Å²) in [6, 6.07) is 14.8. The second-order valence-electron chi connectivity index (χ2n) is 6.64. The summed E-state index contributed by atoms with van der Waals surface area (Å²) in [7, 11) is 0. The average Bonchev–Trinajstić information content (AvgIpc) is 3.06. The lowest BCUT2D eigenvalue weighted by Gasteiger charge is -2.33. The van der Waals surface area contributed by atoms with E-state index in [-0.39, 0.29) is 6.04 Å².